The summed E-state index contributed by atoms with van der Waals surface area (Å²) < 4.78 is 10.9. The number of carboxylic acid groups (broad SMARTS) is 1. The van der Waals surface area contributed by atoms with Gasteiger partial charge >= 0.3 is 5.97 Å². The number of nitrogens with zero attached hydrogens (tertiary/aromatic N) is 1. The maximum Gasteiger partial charge on any atom is 0.304 e. The van der Waals surface area contributed by atoms with Gasteiger partial charge in [0.2, 0.25) is 0 Å². The third-order valence-electron chi connectivity index (χ3n) is 5.43. The molecule has 3 rings (SSSR count). The van der Waals surface area contributed by atoms with Crippen LogP contribution in [0.1, 0.15) is 80.8 Å². The monoisotopic (exact) mass is 421 g/mol. The smallest absolute Gasteiger partial charge is 0.304 e. The van der Waals surface area contributed by atoms with Gasteiger partial charge < -0.3 is 14.4 Å². The van der Waals surface area contributed by atoms with E-state index in [0.717, 1.165) is 16.9 Å². The largest absolute Gasteiger partial charge is 0.489 e. The number of hydrogen-bond acceptors (Lipinski definition) is 4. The fourth-order valence-electron chi connectivity index (χ4n) is 3.80. The molecular weight excluding hydrogens is 390 g/mol. The number of carboxylic acids is 1. The number of aromatic nitrogens is 1. The molecule has 31 heavy (non-hydrogen) atoms. The lowest BCUT2D eigenvalue weighted by atomic mass is 9.80. The van der Waals surface area contributed by atoms with Crippen molar-refractivity contribution in [1.29, 1.82) is 0 Å². The highest BCUT2D eigenvalue weighted by atomic mass is 16.5. The minimum absolute atomic E-state index is 0.0508. The van der Waals surface area contributed by atoms with Gasteiger partial charge in [0.05, 0.1) is 12.1 Å². The van der Waals surface area contributed by atoms with Crippen LogP contribution in [-0.4, -0.2) is 16.2 Å². The molecule has 0 saturated heterocycles. The van der Waals surface area contributed by atoms with Gasteiger partial charge in [-0.1, -0.05) is 70.1 Å². The number of aliphatic carboxylic acids is 1. The summed E-state index contributed by atoms with van der Waals surface area (Å²) >= 11 is 0. The molecule has 5 nitrogen and oxygen atoms in total. The molecule has 0 saturated carbocycles. The van der Waals surface area contributed by atoms with Crippen LogP contribution in [0.5, 0.6) is 5.75 Å². The zero-order chi connectivity index (χ0) is 22.6. The highest BCUT2D eigenvalue weighted by Crippen LogP contribution is 2.32. The van der Waals surface area contributed by atoms with Crippen molar-refractivity contribution in [3.63, 3.8) is 0 Å². The molecule has 0 bridgehead atoms. The lowest BCUT2D eigenvalue weighted by Gasteiger charge is -2.25. The molecule has 0 aliphatic heterocycles. The van der Waals surface area contributed by atoms with Crippen molar-refractivity contribution in [1.82, 2.24) is 5.16 Å². The van der Waals surface area contributed by atoms with E-state index in [1.54, 1.807) is 6.07 Å². The summed E-state index contributed by atoms with van der Waals surface area (Å²) in [5, 5.41) is 13.2. The molecule has 0 fully saturated rings. The summed E-state index contributed by atoms with van der Waals surface area (Å²) in [6.07, 6.45) is 1.41. The molecule has 1 N–H and O–H groups in total. The van der Waals surface area contributed by atoms with Crippen molar-refractivity contribution < 1.29 is 19.2 Å². The summed E-state index contributed by atoms with van der Waals surface area (Å²) in [4.78, 5) is 11.3. The van der Waals surface area contributed by atoms with Gasteiger partial charge in [0.25, 0.3) is 0 Å². The SMILES string of the molecule is CC(C)c1cc(COc2ccc([C@H](CC(=O)O)c3ccon3)cc2)ccc1C(C)(C)C. The number of ether oxygens (including phenoxy) is 1. The minimum atomic E-state index is -0.881. The molecule has 5 heteroatoms. The van der Waals surface area contributed by atoms with Crippen LogP contribution in [0, 0.1) is 0 Å². The molecule has 2 aromatic carbocycles. The molecule has 1 aromatic heterocycles. The summed E-state index contributed by atoms with van der Waals surface area (Å²) in [6.45, 7) is 11.6. The van der Waals surface area contributed by atoms with Crippen LogP contribution >= 0.6 is 0 Å². The summed E-state index contributed by atoms with van der Waals surface area (Å²) in [6, 6.07) is 15.8. The molecular formula is C26H31NO4. The Morgan fingerprint density at radius 2 is 1.81 bits per heavy atom. The maximum absolute atomic E-state index is 11.3. The molecule has 164 valence electrons. The average Bonchev–Trinajstić information content (AvgIpc) is 3.24. The first kappa shape index (κ1) is 22.6. The van der Waals surface area contributed by atoms with Gasteiger partial charge in [-0.3, -0.25) is 4.79 Å². The van der Waals surface area contributed by atoms with E-state index >= 15 is 0 Å². The van der Waals surface area contributed by atoms with Crippen LogP contribution in [0.2, 0.25) is 0 Å². The second-order valence-corrected chi connectivity index (χ2v) is 9.26. The normalized spacial score (nSPS) is 12.7. The molecule has 3 aromatic rings. The fourth-order valence-corrected chi connectivity index (χ4v) is 3.80. The van der Waals surface area contributed by atoms with Gasteiger partial charge in [-0.15, -0.1) is 0 Å². The molecule has 0 radical (unpaired) electrons. The van der Waals surface area contributed by atoms with E-state index < -0.39 is 5.97 Å². The maximum atomic E-state index is 11.3. The highest BCUT2D eigenvalue weighted by Gasteiger charge is 2.21. The Morgan fingerprint density at radius 1 is 1.10 bits per heavy atom. The number of carbonyl (C=O) groups is 1. The van der Waals surface area contributed by atoms with Crippen LogP contribution < -0.4 is 4.74 Å². The summed E-state index contributed by atoms with van der Waals surface area (Å²) in [5.74, 6) is -0.0584. The van der Waals surface area contributed by atoms with Crippen LogP contribution in [0.4, 0.5) is 0 Å². The van der Waals surface area contributed by atoms with E-state index in [1.807, 2.05) is 24.3 Å². The highest BCUT2D eigenvalue weighted by molar-refractivity contribution is 5.68. The van der Waals surface area contributed by atoms with E-state index in [4.69, 9.17) is 9.26 Å². The predicted molar refractivity (Wildman–Crippen MR) is 121 cm³/mol. The van der Waals surface area contributed by atoms with E-state index in [9.17, 15) is 9.90 Å². The summed E-state index contributed by atoms with van der Waals surface area (Å²) in [5.41, 5.74) is 5.43. The molecule has 1 heterocycles. The standard InChI is InChI=1S/C26H31NO4/c1-17(2)21-14-18(6-11-23(21)26(3,4)5)16-30-20-9-7-19(8-10-20)22(15-25(28)29)24-12-13-31-27-24/h6-14,17,22H,15-16H2,1-5H3,(H,28,29)/t22-/m0/s1. The Balaban J connectivity index is 1.73. The van der Waals surface area contributed by atoms with Crippen molar-refractivity contribution in [2.75, 3.05) is 0 Å². The molecule has 0 aliphatic rings. The van der Waals surface area contributed by atoms with E-state index in [1.165, 1.54) is 17.4 Å². The Morgan fingerprint density at radius 3 is 2.35 bits per heavy atom. The van der Waals surface area contributed by atoms with Crippen LogP contribution in [0.3, 0.4) is 0 Å². The third-order valence-corrected chi connectivity index (χ3v) is 5.43. The van der Waals surface area contributed by atoms with Crippen LogP contribution in [-0.2, 0) is 16.8 Å². The molecule has 1 atom stereocenters. The van der Waals surface area contributed by atoms with Gasteiger partial charge in [0.15, 0.2) is 0 Å². The average molecular weight is 422 g/mol. The predicted octanol–water partition coefficient (Wildman–Crippen LogP) is 6.28. The molecule has 0 spiro atoms. The van der Waals surface area contributed by atoms with Crippen molar-refractivity contribution >= 4 is 5.97 Å². The molecule has 0 aliphatic carbocycles. The van der Waals surface area contributed by atoms with E-state index in [2.05, 4.69) is 58.0 Å². The molecule has 0 unspecified atom stereocenters. The lowest BCUT2D eigenvalue weighted by molar-refractivity contribution is -0.137. The number of benzene rings is 2. The topological polar surface area (TPSA) is 72.6 Å². The Bertz CT molecular complexity index is 999. The fraction of sp³-hybridized carbons (Fsp3) is 0.385. The Hall–Kier alpha value is -3.08. The van der Waals surface area contributed by atoms with Gasteiger partial charge in [-0.05, 0) is 45.7 Å². The zero-order valence-corrected chi connectivity index (χ0v) is 18.9. The van der Waals surface area contributed by atoms with Crippen molar-refractivity contribution in [3.05, 3.63) is 82.7 Å². The lowest BCUT2D eigenvalue weighted by Crippen LogP contribution is -2.15. The van der Waals surface area contributed by atoms with Gasteiger partial charge in [-0.2, -0.15) is 0 Å². The van der Waals surface area contributed by atoms with Crippen molar-refractivity contribution in [3.8, 4) is 5.75 Å². The zero-order valence-electron chi connectivity index (χ0n) is 18.9. The first-order chi connectivity index (χ1) is 14.6. The Kier molecular flexibility index (Phi) is 6.84. The van der Waals surface area contributed by atoms with E-state index in [-0.39, 0.29) is 17.8 Å². The van der Waals surface area contributed by atoms with Gasteiger partial charge in [0.1, 0.15) is 18.6 Å². The summed E-state index contributed by atoms with van der Waals surface area (Å²) in [7, 11) is 0. The molecule has 0 amide bonds. The van der Waals surface area contributed by atoms with Crippen molar-refractivity contribution in [2.24, 2.45) is 0 Å². The van der Waals surface area contributed by atoms with Crippen LogP contribution in [0.25, 0.3) is 0 Å². The van der Waals surface area contributed by atoms with Crippen molar-refractivity contribution in [2.45, 2.75) is 64.9 Å². The Labute approximate surface area is 184 Å². The first-order valence-corrected chi connectivity index (χ1v) is 10.6. The van der Waals surface area contributed by atoms with Gasteiger partial charge in [-0.25, -0.2) is 0 Å². The second-order valence-electron chi connectivity index (χ2n) is 9.26. The van der Waals surface area contributed by atoms with Gasteiger partial charge in [0, 0.05) is 12.0 Å². The first-order valence-electron chi connectivity index (χ1n) is 10.6. The number of hydrogen-bond donors (Lipinski definition) is 1. The quantitative estimate of drug-likeness (QED) is 0.463. The number of rotatable bonds is 8. The van der Waals surface area contributed by atoms with E-state index in [0.29, 0.717) is 18.2 Å². The van der Waals surface area contributed by atoms with Crippen LogP contribution in [0.15, 0.2) is 59.3 Å². The second kappa shape index (κ2) is 9.38. The third kappa shape index (κ3) is 5.75. The minimum Gasteiger partial charge on any atom is -0.489 e.